The number of hydrogen-bond acceptors (Lipinski definition) is 8. The average Bonchev–Trinajstić information content (AvgIpc) is 3.01. The largest absolute Gasteiger partial charge is 0.493 e. The Hall–Kier alpha value is -2.92. The van der Waals surface area contributed by atoms with Crippen LogP contribution in [0.5, 0.6) is 11.5 Å². The summed E-state index contributed by atoms with van der Waals surface area (Å²) in [7, 11) is 1.41. The second-order valence-electron chi connectivity index (χ2n) is 9.91. The van der Waals surface area contributed by atoms with Crippen molar-refractivity contribution in [3.8, 4) is 11.5 Å². The van der Waals surface area contributed by atoms with Crippen molar-refractivity contribution in [3.63, 3.8) is 0 Å². The Morgan fingerprint density at radius 1 is 1.16 bits per heavy atom. The molecule has 2 aromatic carbocycles. The molecule has 2 aromatic rings. The lowest BCUT2D eigenvalue weighted by Crippen LogP contribution is -2.55. The maximum absolute atomic E-state index is 13.8. The van der Waals surface area contributed by atoms with E-state index in [0.717, 1.165) is 24.3 Å². The van der Waals surface area contributed by atoms with E-state index in [1.807, 2.05) is 29.5 Å². The summed E-state index contributed by atoms with van der Waals surface area (Å²) in [6.07, 6.45) is -5.45. The van der Waals surface area contributed by atoms with Crippen LogP contribution in [0.4, 0.5) is 13.2 Å². The lowest BCUT2D eigenvalue weighted by Gasteiger charge is -2.40. The lowest BCUT2D eigenvalue weighted by molar-refractivity contribution is -0.137. The first-order valence-corrected chi connectivity index (χ1v) is 15.0. The van der Waals surface area contributed by atoms with E-state index in [2.05, 4.69) is 5.32 Å². The minimum Gasteiger partial charge on any atom is -0.493 e. The van der Waals surface area contributed by atoms with E-state index >= 15 is 0 Å². The second kappa shape index (κ2) is 16.4. The number of nitrogens with one attached hydrogen (secondary N) is 1. The molecule has 3 atom stereocenters. The number of alkyl halides is 3. The Balaban J connectivity index is 2.03. The molecule has 10 nitrogen and oxygen atoms in total. The van der Waals surface area contributed by atoms with E-state index in [0.29, 0.717) is 22.2 Å². The fourth-order valence-electron chi connectivity index (χ4n) is 4.76. The third-order valence-corrected chi connectivity index (χ3v) is 7.75. The zero-order valence-electron chi connectivity index (χ0n) is 24.3. The minimum absolute atomic E-state index is 0.0317. The zero-order chi connectivity index (χ0) is 32.4. The topological polar surface area (TPSA) is 138 Å². The van der Waals surface area contributed by atoms with Crippen LogP contribution in [0.2, 0.25) is 0 Å². The van der Waals surface area contributed by atoms with Crippen LogP contribution in [0.25, 0.3) is 0 Å². The fraction of sp³-hybridized carbons (Fsp3) is 0.467. The summed E-state index contributed by atoms with van der Waals surface area (Å²) >= 11 is 1.99. The van der Waals surface area contributed by atoms with E-state index in [4.69, 9.17) is 14.2 Å². The molecule has 2 amide bonds. The highest BCUT2D eigenvalue weighted by Crippen LogP contribution is 2.37. The molecule has 0 fully saturated rings. The number of amides is 2. The van der Waals surface area contributed by atoms with E-state index < -0.39 is 41.8 Å². The van der Waals surface area contributed by atoms with Crippen molar-refractivity contribution < 1.29 is 52.3 Å². The molecule has 0 saturated carbocycles. The van der Waals surface area contributed by atoms with Crippen molar-refractivity contribution in [2.75, 3.05) is 40.0 Å². The van der Waals surface area contributed by atoms with Crippen LogP contribution in [-0.4, -0.2) is 90.3 Å². The number of rotatable bonds is 14. The molecule has 0 radical (unpaired) electrons. The van der Waals surface area contributed by atoms with Gasteiger partial charge in [0.2, 0.25) is 5.91 Å². The maximum atomic E-state index is 13.8. The van der Waals surface area contributed by atoms with E-state index in [1.54, 1.807) is 12.1 Å². The number of aliphatic hydroxyl groups excluding tert-OH is 3. The number of nitrogens with zero attached hydrogens (tertiary/aromatic N) is 1. The molecular weight excluding hydrogens is 700 g/mol. The molecule has 44 heavy (non-hydrogen) atoms. The van der Waals surface area contributed by atoms with Gasteiger partial charge in [0.05, 0.1) is 35.5 Å². The minimum atomic E-state index is -4.58. The molecule has 0 saturated heterocycles. The smallest absolute Gasteiger partial charge is 0.416 e. The maximum Gasteiger partial charge on any atom is 0.416 e. The summed E-state index contributed by atoms with van der Waals surface area (Å²) in [5, 5.41) is 33.0. The molecule has 1 aliphatic rings. The quantitative estimate of drug-likeness (QED) is 0.172. The van der Waals surface area contributed by atoms with Crippen LogP contribution in [0, 0.1) is 3.57 Å². The van der Waals surface area contributed by atoms with Crippen molar-refractivity contribution in [1.29, 1.82) is 0 Å². The van der Waals surface area contributed by atoms with Crippen LogP contribution in [-0.2, 0) is 22.3 Å². The number of halogens is 4. The highest BCUT2D eigenvalue weighted by atomic mass is 127. The van der Waals surface area contributed by atoms with Gasteiger partial charge in [-0.3, -0.25) is 9.59 Å². The monoisotopic (exact) mass is 736 g/mol. The van der Waals surface area contributed by atoms with E-state index in [9.17, 15) is 38.1 Å². The zero-order valence-corrected chi connectivity index (χ0v) is 26.4. The van der Waals surface area contributed by atoms with Gasteiger partial charge in [-0.15, -0.1) is 0 Å². The van der Waals surface area contributed by atoms with Crippen LogP contribution < -0.4 is 14.8 Å². The first-order chi connectivity index (χ1) is 20.9. The molecular formula is C30H36F3IN2O8. The van der Waals surface area contributed by atoms with Gasteiger partial charge in [-0.25, -0.2) is 0 Å². The molecule has 1 aliphatic carbocycles. The predicted molar refractivity (Wildman–Crippen MR) is 162 cm³/mol. The second-order valence-corrected chi connectivity index (χ2v) is 11.1. The molecule has 0 bridgehead atoms. The Morgan fingerprint density at radius 3 is 2.45 bits per heavy atom. The van der Waals surface area contributed by atoms with Crippen molar-refractivity contribution in [3.05, 3.63) is 68.3 Å². The third-order valence-electron chi connectivity index (χ3n) is 6.95. The summed E-state index contributed by atoms with van der Waals surface area (Å²) in [5.41, 5.74) is -0.210. The fourth-order valence-corrected chi connectivity index (χ4v) is 5.55. The highest BCUT2D eigenvalue weighted by molar-refractivity contribution is 14.1. The van der Waals surface area contributed by atoms with Crippen molar-refractivity contribution >= 4 is 34.4 Å². The van der Waals surface area contributed by atoms with Gasteiger partial charge in [-0.1, -0.05) is 0 Å². The van der Waals surface area contributed by atoms with Gasteiger partial charge in [0, 0.05) is 43.9 Å². The molecule has 0 aromatic heterocycles. The number of aliphatic hydroxyl groups is 3. The number of methoxy groups -OCH3 is 1. The number of carbonyl (C=O) groups excluding carboxylic acids is 2. The predicted octanol–water partition coefficient (Wildman–Crippen LogP) is 3.30. The number of carbonyl (C=O) groups is 2. The van der Waals surface area contributed by atoms with Gasteiger partial charge in [0.1, 0.15) is 12.2 Å². The Kier molecular flexibility index (Phi) is 13.3. The molecule has 242 valence electrons. The highest BCUT2D eigenvalue weighted by Gasteiger charge is 2.41. The molecule has 3 rings (SSSR count). The summed E-state index contributed by atoms with van der Waals surface area (Å²) in [5.74, 6) is -0.685. The molecule has 0 aliphatic heterocycles. The van der Waals surface area contributed by atoms with Gasteiger partial charge < -0.3 is 39.7 Å². The first-order valence-electron chi connectivity index (χ1n) is 13.9. The van der Waals surface area contributed by atoms with Crippen molar-refractivity contribution in [2.24, 2.45) is 0 Å². The summed E-state index contributed by atoms with van der Waals surface area (Å²) < 4.78 is 57.1. The Bertz CT molecular complexity index is 1310. The van der Waals surface area contributed by atoms with Crippen LogP contribution in [0.1, 0.15) is 41.3 Å². The molecule has 4 N–H and O–H groups in total. The third kappa shape index (κ3) is 9.06. The first kappa shape index (κ1) is 35.6. The van der Waals surface area contributed by atoms with Gasteiger partial charge in [-0.05, 0) is 84.0 Å². The average molecular weight is 737 g/mol. The molecule has 0 spiro atoms. The summed E-state index contributed by atoms with van der Waals surface area (Å²) in [6.45, 7) is 1.98. The van der Waals surface area contributed by atoms with E-state index in [-0.39, 0.29) is 62.0 Å². The number of ether oxygens (including phenoxy) is 3. The Labute approximate surface area is 266 Å². The molecule has 0 heterocycles. The van der Waals surface area contributed by atoms with Gasteiger partial charge in [-0.2, -0.15) is 13.2 Å². The number of hydrogen-bond donors (Lipinski definition) is 4. The van der Waals surface area contributed by atoms with Gasteiger partial charge in [0.25, 0.3) is 5.91 Å². The number of benzene rings is 2. The van der Waals surface area contributed by atoms with E-state index in [1.165, 1.54) is 18.1 Å². The normalized spacial score (nSPS) is 18.4. The van der Waals surface area contributed by atoms with Crippen molar-refractivity contribution in [2.45, 2.75) is 50.8 Å². The summed E-state index contributed by atoms with van der Waals surface area (Å²) in [4.78, 5) is 28.2. The standard InChI is InChI=1S/C30H36F3IN2O8/c1-3-43-12-4-10-36(29(41)19-5-7-21(8-6-19)30(31,32)33)23-15-20(28(40)35-9-11-37)16-24(26(23)39)44-27-22(34)13-18(17-38)14-25(27)42-2/h5-8,13-14,16,23-24,26,37-39H,3-4,9-12,15,17H2,1-2H3,(H,35,40)/t23-,24+,26+/m1/s1. The molecule has 0 unspecified atom stereocenters. The summed E-state index contributed by atoms with van der Waals surface area (Å²) in [6, 6.07) is 5.97. The Morgan fingerprint density at radius 2 is 1.86 bits per heavy atom. The van der Waals surface area contributed by atoms with Crippen LogP contribution in [0.15, 0.2) is 48.0 Å². The lowest BCUT2D eigenvalue weighted by atomic mass is 9.87. The van der Waals surface area contributed by atoms with Gasteiger partial charge in [0.15, 0.2) is 11.5 Å². The SMILES string of the molecule is CCOCCCN(C(=O)c1ccc(C(F)(F)F)cc1)[C@@H]1CC(C(=O)NCCO)=C[C@H](Oc2c(I)cc(CO)cc2OC)[C@H]1O. The van der Waals surface area contributed by atoms with Crippen LogP contribution >= 0.6 is 22.6 Å². The van der Waals surface area contributed by atoms with Crippen LogP contribution in [0.3, 0.4) is 0 Å². The molecule has 14 heteroatoms. The van der Waals surface area contributed by atoms with Gasteiger partial charge >= 0.3 is 6.18 Å². The van der Waals surface area contributed by atoms with Crippen molar-refractivity contribution in [1.82, 2.24) is 10.2 Å².